The second kappa shape index (κ2) is 7.20. The number of rotatable bonds is 4. The molecule has 0 radical (unpaired) electrons. The van der Waals surface area contributed by atoms with Crippen LogP contribution in [0.1, 0.15) is 46.6 Å². The Balaban J connectivity index is 1.53. The van der Waals surface area contributed by atoms with Crippen LogP contribution in [0.5, 0.6) is 0 Å². The Morgan fingerprint density at radius 2 is 2.00 bits per heavy atom. The van der Waals surface area contributed by atoms with E-state index in [1.54, 1.807) is 43.1 Å². The van der Waals surface area contributed by atoms with Crippen LogP contribution in [0.4, 0.5) is 4.39 Å². The van der Waals surface area contributed by atoms with E-state index in [2.05, 4.69) is 20.4 Å². The molecular weight excluding hydrogens is 409 g/mol. The Morgan fingerprint density at radius 1 is 1.19 bits per heavy atom. The van der Waals surface area contributed by atoms with Crippen LogP contribution < -0.4 is 0 Å². The molecule has 3 heterocycles. The van der Waals surface area contributed by atoms with Crippen molar-refractivity contribution in [2.45, 2.75) is 39.5 Å². The zero-order chi connectivity index (χ0) is 22.6. The SMILES string of the molecule is Cc1cc(-c2cc(C(C)(C)O)cc3n[nH]nc23)cc(F)c1CN1Cc2ncccc2C1=O. The normalized spacial score (nSPS) is 13.8. The third-order valence-electron chi connectivity index (χ3n) is 5.96. The zero-order valence-corrected chi connectivity index (χ0v) is 18.0. The van der Waals surface area contributed by atoms with Crippen molar-refractivity contribution in [3.8, 4) is 11.1 Å². The highest BCUT2D eigenvalue weighted by Gasteiger charge is 2.29. The number of aryl methyl sites for hydroxylation is 1. The van der Waals surface area contributed by atoms with E-state index in [0.717, 1.165) is 5.56 Å². The number of aromatic nitrogens is 4. The lowest BCUT2D eigenvalue weighted by Crippen LogP contribution is -2.24. The fraction of sp³-hybridized carbons (Fsp3) is 0.250. The molecule has 5 rings (SSSR count). The number of carbonyl (C=O) groups excluding carboxylic acids is 1. The molecule has 2 aromatic heterocycles. The number of aromatic amines is 1. The number of nitrogens with zero attached hydrogens (tertiary/aromatic N) is 4. The van der Waals surface area contributed by atoms with E-state index in [-0.39, 0.29) is 12.5 Å². The minimum atomic E-state index is -1.09. The van der Waals surface area contributed by atoms with Gasteiger partial charge in [0, 0.05) is 23.9 Å². The van der Waals surface area contributed by atoms with Gasteiger partial charge in [0.25, 0.3) is 5.91 Å². The first kappa shape index (κ1) is 20.3. The largest absolute Gasteiger partial charge is 0.386 e. The van der Waals surface area contributed by atoms with Crippen molar-refractivity contribution in [3.05, 3.63) is 76.4 Å². The first-order valence-electron chi connectivity index (χ1n) is 10.3. The zero-order valence-electron chi connectivity index (χ0n) is 18.0. The number of hydrogen-bond acceptors (Lipinski definition) is 5. The molecule has 32 heavy (non-hydrogen) atoms. The Morgan fingerprint density at radius 3 is 2.72 bits per heavy atom. The molecule has 162 valence electrons. The van der Waals surface area contributed by atoms with Gasteiger partial charge in [-0.25, -0.2) is 4.39 Å². The van der Waals surface area contributed by atoms with E-state index >= 15 is 4.39 Å². The lowest BCUT2D eigenvalue weighted by atomic mass is 9.91. The van der Waals surface area contributed by atoms with Gasteiger partial charge in [0.15, 0.2) is 0 Å². The van der Waals surface area contributed by atoms with E-state index in [1.165, 1.54) is 6.07 Å². The number of fused-ring (bicyclic) bond motifs is 2. The van der Waals surface area contributed by atoms with Crippen LogP contribution in [-0.2, 0) is 18.7 Å². The summed E-state index contributed by atoms with van der Waals surface area (Å²) in [6.45, 7) is 5.73. The molecule has 0 bridgehead atoms. The maximum Gasteiger partial charge on any atom is 0.256 e. The van der Waals surface area contributed by atoms with Gasteiger partial charge >= 0.3 is 0 Å². The van der Waals surface area contributed by atoms with E-state index < -0.39 is 11.4 Å². The average Bonchev–Trinajstić information content (AvgIpc) is 3.34. The number of pyridine rings is 1. The summed E-state index contributed by atoms with van der Waals surface area (Å²) in [5, 5.41) is 21.5. The molecule has 8 heteroatoms. The van der Waals surface area contributed by atoms with Crippen LogP contribution >= 0.6 is 0 Å². The average molecular weight is 431 g/mol. The van der Waals surface area contributed by atoms with Crippen LogP contribution in [-0.4, -0.2) is 36.3 Å². The molecule has 0 saturated carbocycles. The highest BCUT2D eigenvalue weighted by atomic mass is 19.1. The number of benzene rings is 2. The number of aliphatic hydroxyl groups is 1. The molecule has 0 unspecified atom stereocenters. The Bertz CT molecular complexity index is 1350. The fourth-order valence-corrected chi connectivity index (χ4v) is 4.15. The van der Waals surface area contributed by atoms with E-state index in [9.17, 15) is 9.90 Å². The van der Waals surface area contributed by atoms with E-state index in [4.69, 9.17) is 0 Å². The van der Waals surface area contributed by atoms with Crippen LogP contribution in [0.2, 0.25) is 0 Å². The summed E-state index contributed by atoms with van der Waals surface area (Å²) in [6.07, 6.45) is 1.66. The van der Waals surface area contributed by atoms with Gasteiger partial charge in [-0.2, -0.15) is 15.4 Å². The topological polar surface area (TPSA) is 95.0 Å². The third kappa shape index (κ3) is 3.33. The highest BCUT2D eigenvalue weighted by Crippen LogP contribution is 2.34. The first-order chi connectivity index (χ1) is 15.2. The second-order valence-electron chi connectivity index (χ2n) is 8.69. The lowest BCUT2D eigenvalue weighted by Gasteiger charge is -2.20. The molecule has 1 aliphatic heterocycles. The number of carbonyl (C=O) groups is 1. The molecular formula is C24H22FN5O2. The van der Waals surface area contributed by atoms with Gasteiger partial charge in [0.2, 0.25) is 0 Å². The van der Waals surface area contributed by atoms with Gasteiger partial charge in [0.05, 0.1) is 23.4 Å². The van der Waals surface area contributed by atoms with E-state index in [0.29, 0.717) is 51.1 Å². The monoisotopic (exact) mass is 431 g/mol. The van der Waals surface area contributed by atoms with Gasteiger partial charge in [-0.15, -0.1) is 0 Å². The van der Waals surface area contributed by atoms with Crippen LogP contribution in [0.3, 0.4) is 0 Å². The van der Waals surface area contributed by atoms with Gasteiger partial charge in [-0.1, -0.05) is 6.07 Å². The first-order valence-corrected chi connectivity index (χ1v) is 10.3. The Kier molecular flexibility index (Phi) is 4.56. The molecule has 0 spiro atoms. The lowest BCUT2D eigenvalue weighted by molar-refractivity contribution is 0.0763. The summed E-state index contributed by atoms with van der Waals surface area (Å²) >= 11 is 0. The van der Waals surface area contributed by atoms with Gasteiger partial charge in [-0.3, -0.25) is 9.78 Å². The van der Waals surface area contributed by atoms with Crippen LogP contribution in [0, 0.1) is 12.7 Å². The summed E-state index contributed by atoms with van der Waals surface area (Å²) in [5.74, 6) is -0.541. The van der Waals surface area contributed by atoms with Crippen molar-refractivity contribution in [2.24, 2.45) is 0 Å². The molecule has 0 aliphatic carbocycles. The van der Waals surface area contributed by atoms with Crippen LogP contribution in [0.15, 0.2) is 42.6 Å². The highest BCUT2D eigenvalue weighted by molar-refractivity contribution is 5.97. The predicted molar refractivity (Wildman–Crippen MR) is 117 cm³/mol. The molecule has 2 N–H and O–H groups in total. The molecule has 4 aromatic rings. The predicted octanol–water partition coefficient (Wildman–Crippen LogP) is 3.85. The minimum Gasteiger partial charge on any atom is -0.386 e. The number of hydrogen-bond donors (Lipinski definition) is 2. The molecule has 2 aromatic carbocycles. The minimum absolute atomic E-state index is 0.141. The maximum atomic E-state index is 15.3. The molecule has 0 saturated heterocycles. The summed E-state index contributed by atoms with van der Waals surface area (Å²) in [4.78, 5) is 18.5. The number of nitrogens with one attached hydrogen (secondary N) is 1. The van der Waals surface area contributed by atoms with Gasteiger partial charge in [-0.05, 0) is 67.8 Å². The third-order valence-corrected chi connectivity index (χ3v) is 5.96. The second-order valence-corrected chi connectivity index (χ2v) is 8.69. The van der Waals surface area contributed by atoms with Crippen molar-refractivity contribution < 1.29 is 14.3 Å². The molecule has 1 aliphatic rings. The van der Waals surface area contributed by atoms with Gasteiger partial charge in [0.1, 0.15) is 16.9 Å². The van der Waals surface area contributed by atoms with Crippen molar-refractivity contribution in [3.63, 3.8) is 0 Å². The maximum absolute atomic E-state index is 15.3. The van der Waals surface area contributed by atoms with Crippen molar-refractivity contribution >= 4 is 16.9 Å². The fourth-order valence-electron chi connectivity index (χ4n) is 4.15. The van der Waals surface area contributed by atoms with E-state index in [1.807, 2.05) is 19.1 Å². The van der Waals surface area contributed by atoms with Crippen molar-refractivity contribution in [1.82, 2.24) is 25.3 Å². The summed E-state index contributed by atoms with van der Waals surface area (Å²) in [5.41, 5.74) is 4.53. The molecule has 0 fully saturated rings. The standard InChI is InChI=1S/C24H22FN5O2/c1-13-7-14(17-9-15(24(2,3)32)10-20-22(17)28-29-27-20)8-19(25)18(13)11-30-12-21-16(23(30)31)5-4-6-26-21/h4-10,32H,11-12H2,1-3H3,(H,27,28,29). The summed E-state index contributed by atoms with van der Waals surface area (Å²) in [6, 6.07) is 10.4. The summed E-state index contributed by atoms with van der Waals surface area (Å²) in [7, 11) is 0. The number of H-pyrrole nitrogens is 1. The van der Waals surface area contributed by atoms with Crippen LogP contribution in [0.25, 0.3) is 22.2 Å². The molecule has 7 nitrogen and oxygen atoms in total. The summed E-state index contributed by atoms with van der Waals surface area (Å²) < 4.78 is 15.3. The molecule has 1 amide bonds. The number of amides is 1. The Labute approximate surface area is 183 Å². The quantitative estimate of drug-likeness (QED) is 0.512. The molecule has 0 atom stereocenters. The van der Waals surface area contributed by atoms with Gasteiger partial charge < -0.3 is 10.0 Å². The number of halogens is 1. The van der Waals surface area contributed by atoms with Crippen molar-refractivity contribution in [1.29, 1.82) is 0 Å². The Hall–Kier alpha value is -3.65. The smallest absolute Gasteiger partial charge is 0.256 e. The van der Waals surface area contributed by atoms with Crippen molar-refractivity contribution in [2.75, 3.05) is 0 Å².